The van der Waals surface area contributed by atoms with Crippen molar-refractivity contribution in [3.63, 3.8) is 0 Å². The number of carbonyl (C=O) groups excluding carboxylic acids is 1. The van der Waals surface area contributed by atoms with E-state index in [0.29, 0.717) is 18.5 Å². The van der Waals surface area contributed by atoms with Crippen molar-refractivity contribution in [2.24, 2.45) is 0 Å². The van der Waals surface area contributed by atoms with E-state index < -0.39 is 0 Å². The van der Waals surface area contributed by atoms with Crippen molar-refractivity contribution in [1.29, 1.82) is 0 Å². The Hall–Kier alpha value is -1.62. The number of aliphatic hydroxyl groups excluding tert-OH is 1. The summed E-state index contributed by atoms with van der Waals surface area (Å²) in [5, 5.41) is 8.71. The number of aliphatic hydroxyl groups is 1. The summed E-state index contributed by atoms with van der Waals surface area (Å²) in [5.41, 5.74) is 0.566. The molecule has 1 aromatic heterocycles. The van der Waals surface area contributed by atoms with E-state index in [1.807, 2.05) is 25.1 Å². The van der Waals surface area contributed by atoms with E-state index in [9.17, 15) is 4.79 Å². The molecule has 1 amide bonds. The van der Waals surface area contributed by atoms with Crippen molar-refractivity contribution in [1.82, 2.24) is 9.88 Å². The van der Waals surface area contributed by atoms with Crippen LogP contribution < -0.4 is 4.90 Å². The first kappa shape index (κ1) is 13.4. The third-order valence-electron chi connectivity index (χ3n) is 2.45. The lowest BCUT2D eigenvalue weighted by atomic mass is 10.2. The third-order valence-corrected chi connectivity index (χ3v) is 2.45. The van der Waals surface area contributed by atoms with E-state index in [1.54, 1.807) is 24.2 Å². The molecule has 1 heterocycles. The molecule has 0 aromatic carbocycles. The smallest absolute Gasteiger partial charge is 0.255 e. The summed E-state index contributed by atoms with van der Waals surface area (Å²) in [4.78, 5) is 19.6. The highest BCUT2D eigenvalue weighted by Crippen LogP contribution is 2.09. The molecule has 1 rings (SSSR count). The molecule has 0 saturated carbocycles. The maximum absolute atomic E-state index is 11.9. The van der Waals surface area contributed by atoms with E-state index in [0.717, 1.165) is 5.82 Å². The Kier molecular flexibility index (Phi) is 4.90. The number of aromatic nitrogens is 1. The number of pyridine rings is 1. The van der Waals surface area contributed by atoms with Gasteiger partial charge in [0.25, 0.3) is 5.91 Å². The van der Waals surface area contributed by atoms with Gasteiger partial charge in [-0.05, 0) is 18.6 Å². The standard InChI is InChI=1S/C12H19N3O2/c1-14(2)11-6-5-10(9-13-11)12(17)15(3)7-4-8-16/h5-6,9,16H,4,7-8H2,1-3H3. The maximum Gasteiger partial charge on any atom is 0.255 e. The molecular weight excluding hydrogens is 218 g/mol. The van der Waals surface area contributed by atoms with Gasteiger partial charge in [-0.1, -0.05) is 0 Å². The van der Waals surface area contributed by atoms with Crippen LogP contribution in [0.5, 0.6) is 0 Å². The van der Waals surface area contributed by atoms with Crippen LogP contribution in [0, 0.1) is 0 Å². The van der Waals surface area contributed by atoms with Crippen molar-refractivity contribution in [3.05, 3.63) is 23.9 Å². The van der Waals surface area contributed by atoms with Crippen molar-refractivity contribution >= 4 is 11.7 Å². The van der Waals surface area contributed by atoms with Crippen LogP contribution in [0.2, 0.25) is 0 Å². The molecule has 0 bridgehead atoms. The number of rotatable bonds is 5. The maximum atomic E-state index is 11.9. The first-order valence-electron chi connectivity index (χ1n) is 5.56. The Morgan fingerprint density at radius 2 is 2.06 bits per heavy atom. The van der Waals surface area contributed by atoms with Crippen LogP contribution in [0.15, 0.2) is 18.3 Å². The lowest BCUT2D eigenvalue weighted by Crippen LogP contribution is -2.28. The molecule has 0 spiro atoms. The summed E-state index contributed by atoms with van der Waals surface area (Å²) < 4.78 is 0. The molecule has 1 N–H and O–H groups in total. The van der Waals surface area contributed by atoms with Gasteiger partial charge in [0.15, 0.2) is 0 Å². The molecule has 1 aromatic rings. The van der Waals surface area contributed by atoms with Crippen LogP contribution in [0.3, 0.4) is 0 Å². The number of carbonyl (C=O) groups is 1. The Morgan fingerprint density at radius 1 is 1.35 bits per heavy atom. The molecule has 0 fully saturated rings. The van der Waals surface area contributed by atoms with Crippen molar-refractivity contribution in [3.8, 4) is 0 Å². The number of amides is 1. The van der Waals surface area contributed by atoms with Gasteiger partial charge in [-0.25, -0.2) is 4.98 Å². The van der Waals surface area contributed by atoms with Crippen molar-refractivity contribution < 1.29 is 9.90 Å². The van der Waals surface area contributed by atoms with Crippen molar-refractivity contribution in [2.75, 3.05) is 39.2 Å². The summed E-state index contributed by atoms with van der Waals surface area (Å²) >= 11 is 0. The Labute approximate surface area is 102 Å². The molecule has 0 radical (unpaired) electrons. The zero-order valence-corrected chi connectivity index (χ0v) is 10.6. The van der Waals surface area contributed by atoms with Crippen LogP contribution in [0.25, 0.3) is 0 Å². The first-order chi connectivity index (χ1) is 8.06. The van der Waals surface area contributed by atoms with E-state index in [2.05, 4.69) is 4.98 Å². The van der Waals surface area contributed by atoms with Crippen LogP contribution in [-0.2, 0) is 0 Å². The van der Waals surface area contributed by atoms with Crippen molar-refractivity contribution in [2.45, 2.75) is 6.42 Å². The van der Waals surface area contributed by atoms with Gasteiger partial charge < -0.3 is 14.9 Å². The molecule has 0 unspecified atom stereocenters. The quantitative estimate of drug-likeness (QED) is 0.815. The average molecular weight is 237 g/mol. The summed E-state index contributed by atoms with van der Waals surface area (Å²) in [6, 6.07) is 3.58. The Morgan fingerprint density at radius 3 is 2.53 bits per heavy atom. The monoisotopic (exact) mass is 237 g/mol. The van der Waals surface area contributed by atoms with Crippen LogP contribution >= 0.6 is 0 Å². The second kappa shape index (κ2) is 6.20. The van der Waals surface area contributed by atoms with Crippen LogP contribution in [-0.4, -0.2) is 55.2 Å². The molecule has 0 aliphatic carbocycles. The zero-order chi connectivity index (χ0) is 12.8. The highest BCUT2D eigenvalue weighted by Gasteiger charge is 2.11. The van der Waals surface area contributed by atoms with Gasteiger partial charge in [0.1, 0.15) is 5.82 Å². The molecule has 5 nitrogen and oxygen atoms in total. The topological polar surface area (TPSA) is 56.7 Å². The molecule has 94 valence electrons. The molecule has 17 heavy (non-hydrogen) atoms. The van der Waals surface area contributed by atoms with Gasteiger partial charge >= 0.3 is 0 Å². The SMILES string of the molecule is CN(CCCO)C(=O)c1ccc(N(C)C)nc1. The summed E-state index contributed by atoms with van der Waals surface area (Å²) in [7, 11) is 5.52. The van der Waals surface area contributed by atoms with Gasteiger partial charge in [0.05, 0.1) is 5.56 Å². The normalized spacial score (nSPS) is 10.1. The fraction of sp³-hybridized carbons (Fsp3) is 0.500. The summed E-state index contributed by atoms with van der Waals surface area (Å²) in [6.07, 6.45) is 2.17. The Bertz CT molecular complexity index is 363. The van der Waals surface area contributed by atoms with Gasteiger partial charge in [-0.2, -0.15) is 0 Å². The predicted octanol–water partition coefficient (Wildman–Crippen LogP) is 0.602. The average Bonchev–Trinajstić information content (AvgIpc) is 2.35. The molecular formula is C12H19N3O2. The summed E-state index contributed by atoms with van der Waals surface area (Å²) in [6.45, 7) is 0.639. The van der Waals surface area contributed by atoms with E-state index >= 15 is 0 Å². The largest absolute Gasteiger partial charge is 0.396 e. The predicted molar refractivity (Wildman–Crippen MR) is 67.2 cm³/mol. The lowest BCUT2D eigenvalue weighted by molar-refractivity contribution is 0.0786. The molecule has 0 saturated heterocycles. The van der Waals surface area contributed by atoms with Crippen LogP contribution in [0.4, 0.5) is 5.82 Å². The lowest BCUT2D eigenvalue weighted by Gasteiger charge is -2.17. The van der Waals surface area contributed by atoms with Crippen LogP contribution in [0.1, 0.15) is 16.8 Å². The highest BCUT2D eigenvalue weighted by atomic mass is 16.3. The number of nitrogens with zero attached hydrogens (tertiary/aromatic N) is 3. The minimum absolute atomic E-state index is 0.0729. The fourth-order valence-corrected chi connectivity index (χ4v) is 1.41. The van der Waals surface area contributed by atoms with E-state index in [-0.39, 0.29) is 12.5 Å². The van der Waals surface area contributed by atoms with Gasteiger partial charge in [-0.3, -0.25) is 4.79 Å². The third kappa shape index (κ3) is 3.71. The minimum Gasteiger partial charge on any atom is -0.396 e. The molecule has 0 aliphatic heterocycles. The summed E-state index contributed by atoms with van der Waals surface area (Å²) in [5.74, 6) is 0.746. The van der Waals surface area contributed by atoms with Gasteiger partial charge in [0, 0.05) is 40.5 Å². The van der Waals surface area contributed by atoms with Gasteiger partial charge in [-0.15, -0.1) is 0 Å². The number of hydrogen-bond acceptors (Lipinski definition) is 4. The van der Waals surface area contributed by atoms with E-state index in [4.69, 9.17) is 5.11 Å². The highest BCUT2D eigenvalue weighted by molar-refractivity contribution is 5.93. The molecule has 5 heteroatoms. The number of anilines is 1. The second-order valence-electron chi connectivity index (χ2n) is 4.10. The number of hydrogen-bond donors (Lipinski definition) is 1. The zero-order valence-electron chi connectivity index (χ0n) is 10.6. The molecule has 0 atom stereocenters. The first-order valence-corrected chi connectivity index (χ1v) is 5.56. The molecule has 0 aliphatic rings. The van der Waals surface area contributed by atoms with Gasteiger partial charge in [0.2, 0.25) is 0 Å². The fourth-order valence-electron chi connectivity index (χ4n) is 1.41. The van der Waals surface area contributed by atoms with E-state index in [1.165, 1.54) is 0 Å². The minimum atomic E-state index is -0.0729. The second-order valence-corrected chi connectivity index (χ2v) is 4.10. The Balaban J connectivity index is 2.69.